The lowest BCUT2D eigenvalue weighted by Crippen LogP contribution is -2.35. The normalized spacial score (nSPS) is 9.90. The SMILES string of the molecule is C=CCN(CCC)C(=O)Nc1cc(C(=O)O)ccc1C. The van der Waals surface area contributed by atoms with Gasteiger partial charge < -0.3 is 15.3 Å². The first-order valence-electron chi connectivity index (χ1n) is 6.50. The molecule has 1 rings (SSSR count). The minimum Gasteiger partial charge on any atom is -0.478 e. The molecule has 108 valence electrons. The highest BCUT2D eigenvalue weighted by Gasteiger charge is 2.13. The van der Waals surface area contributed by atoms with Crippen LogP contribution in [0.3, 0.4) is 0 Å². The molecule has 5 heteroatoms. The summed E-state index contributed by atoms with van der Waals surface area (Å²) in [6, 6.07) is 4.41. The molecule has 0 spiro atoms. The van der Waals surface area contributed by atoms with E-state index in [1.807, 2.05) is 13.8 Å². The van der Waals surface area contributed by atoms with Crippen molar-refractivity contribution in [2.75, 3.05) is 18.4 Å². The molecule has 20 heavy (non-hydrogen) atoms. The number of carboxylic acids is 1. The van der Waals surface area contributed by atoms with Gasteiger partial charge in [0.2, 0.25) is 0 Å². The van der Waals surface area contributed by atoms with Crippen molar-refractivity contribution in [3.63, 3.8) is 0 Å². The molecule has 0 unspecified atom stereocenters. The van der Waals surface area contributed by atoms with Crippen LogP contribution >= 0.6 is 0 Å². The summed E-state index contributed by atoms with van der Waals surface area (Å²) in [6.45, 7) is 8.51. The van der Waals surface area contributed by atoms with Crippen molar-refractivity contribution >= 4 is 17.7 Å². The zero-order valence-electron chi connectivity index (χ0n) is 11.8. The van der Waals surface area contributed by atoms with Crippen molar-refractivity contribution in [3.05, 3.63) is 42.0 Å². The molecule has 1 aromatic carbocycles. The molecule has 0 aliphatic heterocycles. The van der Waals surface area contributed by atoms with Crippen LogP contribution in [-0.4, -0.2) is 35.1 Å². The molecule has 0 aromatic heterocycles. The third-order valence-corrected chi connectivity index (χ3v) is 2.86. The van der Waals surface area contributed by atoms with Gasteiger partial charge in [-0.25, -0.2) is 9.59 Å². The molecular formula is C15H20N2O3. The maximum Gasteiger partial charge on any atom is 0.335 e. The van der Waals surface area contributed by atoms with Crippen LogP contribution in [0.4, 0.5) is 10.5 Å². The van der Waals surface area contributed by atoms with E-state index in [-0.39, 0.29) is 11.6 Å². The molecule has 0 aliphatic rings. The quantitative estimate of drug-likeness (QED) is 0.784. The highest BCUT2D eigenvalue weighted by atomic mass is 16.4. The summed E-state index contributed by atoms with van der Waals surface area (Å²) in [7, 11) is 0. The third kappa shape index (κ3) is 4.12. The number of carbonyl (C=O) groups excluding carboxylic acids is 1. The standard InChI is InChI=1S/C15H20N2O3/c1-4-8-17(9-5-2)15(20)16-13-10-12(14(18)19)7-6-11(13)3/h4,6-7,10H,1,5,8-9H2,2-3H3,(H,16,20)(H,18,19). The molecule has 0 aliphatic carbocycles. The van der Waals surface area contributed by atoms with Crippen molar-refractivity contribution in [2.45, 2.75) is 20.3 Å². The lowest BCUT2D eigenvalue weighted by Gasteiger charge is -2.21. The number of urea groups is 1. The molecule has 0 saturated heterocycles. The van der Waals surface area contributed by atoms with Gasteiger partial charge in [0.25, 0.3) is 0 Å². The summed E-state index contributed by atoms with van der Waals surface area (Å²) in [5.74, 6) is -1.02. The van der Waals surface area contributed by atoms with Crippen molar-refractivity contribution in [1.82, 2.24) is 4.90 Å². The monoisotopic (exact) mass is 276 g/mol. The molecule has 0 radical (unpaired) electrons. The number of rotatable bonds is 6. The number of hydrogen-bond donors (Lipinski definition) is 2. The Labute approximate surface area is 118 Å². The second kappa shape index (κ2) is 7.33. The van der Waals surface area contributed by atoms with E-state index in [4.69, 9.17) is 5.11 Å². The average molecular weight is 276 g/mol. The van der Waals surface area contributed by atoms with Gasteiger partial charge in [-0.05, 0) is 31.0 Å². The summed E-state index contributed by atoms with van der Waals surface area (Å²) in [5, 5.41) is 11.7. The fourth-order valence-electron chi connectivity index (χ4n) is 1.79. The van der Waals surface area contributed by atoms with Gasteiger partial charge in [0.1, 0.15) is 0 Å². The largest absolute Gasteiger partial charge is 0.478 e. The topological polar surface area (TPSA) is 69.6 Å². The molecule has 2 N–H and O–H groups in total. The maximum atomic E-state index is 12.1. The van der Waals surface area contributed by atoms with E-state index in [2.05, 4.69) is 11.9 Å². The predicted octanol–water partition coefficient (Wildman–Crippen LogP) is 3.12. The van der Waals surface area contributed by atoms with Crippen LogP contribution in [0.25, 0.3) is 0 Å². The highest BCUT2D eigenvalue weighted by molar-refractivity contribution is 5.94. The fourth-order valence-corrected chi connectivity index (χ4v) is 1.79. The molecule has 0 bridgehead atoms. The van der Waals surface area contributed by atoms with Crippen LogP contribution in [0.15, 0.2) is 30.9 Å². The van der Waals surface area contributed by atoms with E-state index < -0.39 is 5.97 Å². The van der Waals surface area contributed by atoms with Gasteiger partial charge in [0, 0.05) is 18.8 Å². The minimum atomic E-state index is -1.02. The predicted molar refractivity (Wildman–Crippen MR) is 79.2 cm³/mol. The number of aryl methyl sites for hydroxylation is 1. The second-order valence-corrected chi connectivity index (χ2v) is 4.50. The molecule has 5 nitrogen and oxygen atoms in total. The van der Waals surface area contributed by atoms with Crippen molar-refractivity contribution in [2.24, 2.45) is 0 Å². The molecule has 0 atom stereocenters. The van der Waals surface area contributed by atoms with Crippen LogP contribution < -0.4 is 5.32 Å². The van der Waals surface area contributed by atoms with Gasteiger partial charge >= 0.3 is 12.0 Å². The van der Waals surface area contributed by atoms with Gasteiger partial charge in [-0.3, -0.25) is 0 Å². The van der Waals surface area contributed by atoms with Gasteiger partial charge in [0.15, 0.2) is 0 Å². The third-order valence-electron chi connectivity index (χ3n) is 2.86. The second-order valence-electron chi connectivity index (χ2n) is 4.50. The first-order valence-corrected chi connectivity index (χ1v) is 6.50. The van der Waals surface area contributed by atoms with Gasteiger partial charge in [-0.2, -0.15) is 0 Å². The number of benzene rings is 1. The molecule has 2 amide bonds. The Morgan fingerprint density at radius 2 is 2.15 bits per heavy atom. The molecule has 0 saturated carbocycles. The number of aromatic carboxylic acids is 1. The zero-order valence-corrected chi connectivity index (χ0v) is 11.8. The Morgan fingerprint density at radius 1 is 1.45 bits per heavy atom. The zero-order chi connectivity index (χ0) is 15.1. The number of carboxylic acid groups (broad SMARTS) is 1. The number of nitrogens with zero attached hydrogens (tertiary/aromatic N) is 1. The molecule has 0 fully saturated rings. The van der Waals surface area contributed by atoms with Crippen molar-refractivity contribution in [1.29, 1.82) is 0 Å². The van der Waals surface area contributed by atoms with E-state index in [1.165, 1.54) is 12.1 Å². The molecule has 1 aromatic rings. The minimum absolute atomic E-state index is 0.150. The Balaban J connectivity index is 2.90. The number of anilines is 1. The van der Waals surface area contributed by atoms with Crippen molar-refractivity contribution < 1.29 is 14.7 Å². The Morgan fingerprint density at radius 3 is 2.70 bits per heavy atom. The summed E-state index contributed by atoms with van der Waals surface area (Å²) in [4.78, 5) is 24.7. The van der Waals surface area contributed by atoms with Gasteiger partial charge in [0.05, 0.1) is 5.56 Å². The molecule has 0 heterocycles. The van der Waals surface area contributed by atoms with Gasteiger partial charge in [-0.1, -0.05) is 19.1 Å². The Kier molecular flexibility index (Phi) is 5.77. The highest BCUT2D eigenvalue weighted by Crippen LogP contribution is 2.17. The fraction of sp³-hybridized carbons (Fsp3) is 0.333. The van der Waals surface area contributed by atoms with Crippen molar-refractivity contribution in [3.8, 4) is 0 Å². The summed E-state index contributed by atoms with van der Waals surface area (Å²) in [6.07, 6.45) is 2.51. The number of amides is 2. The van der Waals surface area contributed by atoms with E-state index in [0.29, 0.717) is 18.8 Å². The molecular weight excluding hydrogens is 256 g/mol. The van der Waals surface area contributed by atoms with Crippen LogP contribution in [-0.2, 0) is 0 Å². The number of hydrogen-bond acceptors (Lipinski definition) is 2. The van der Waals surface area contributed by atoms with E-state index in [9.17, 15) is 9.59 Å². The number of nitrogens with one attached hydrogen (secondary N) is 1. The van der Waals surface area contributed by atoms with Crippen LogP contribution in [0.5, 0.6) is 0 Å². The summed E-state index contributed by atoms with van der Waals surface area (Å²) in [5.41, 5.74) is 1.48. The smallest absolute Gasteiger partial charge is 0.335 e. The van der Waals surface area contributed by atoms with Gasteiger partial charge in [-0.15, -0.1) is 6.58 Å². The lowest BCUT2D eigenvalue weighted by atomic mass is 10.1. The van der Waals surface area contributed by atoms with Crippen LogP contribution in [0, 0.1) is 6.92 Å². The number of carbonyl (C=O) groups is 2. The Bertz CT molecular complexity index is 512. The van der Waals surface area contributed by atoms with E-state index >= 15 is 0 Å². The first-order chi connectivity index (χ1) is 9.49. The lowest BCUT2D eigenvalue weighted by molar-refractivity contribution is 0.0697. The Hall–Kier alpha value is -2.30. The van der Waals surface area contributed by atoms with Crippen LogP contribution in [0.1, 0.15) is 29.3 Å². The summed E-state index contributed by atoms with van der Waals surface area (Å²) < 4.78 is 0. The average Bonchev–Trinajstić information content (AvgIpc) is 2.40. The van der Waals surface area contributed by atoms with Crippen LogP contribution in [0.2, 0.25) is 0 Å². The maximum absolute atomic E-state index is 12.1. The first kappa shape index (κ1) is 15.8. The van der Waals surface area contributed by atoms with E-state index in [1.54, 1.807) is 17.0 Å². The summed E-state index contributed by atoms with van der Waals surface area (Å²) >= 11 is 0. The van der Waals surface area contributed by atoms with E-state index in [0.717, 1.165) is 12.0 Å².